The van der Waals surface area contributed by atoms with Crippen LogP contribution in [0.25, 0.3) is 5.69 Å². The third-order valence-electron chi connectivity index (χ3n) is 2.22. The molecule has 82 valence electrons. The van der Waals surface area contributed by atoms with E-state index in [1.807, 2.05) is 6.92 Å². The minimum Gasteiger partial charge on any atom is -0.365 e. The van der Waals surface area contributed by atoms with Gasteiger partial charge < -0.3 is 5.73 Å². The van der Waals surface area contributed by atoms with Crippen molar-refractivity contribution in [1.82, 2.24) is 19.7 Å². The predicted octanol–water partition coefficient (Wildman–Crippen LogP) is 0.378. The zero-order valence-corrected chi connectivity index (χ0v) is 9.01. The first-order valence-electron chi connectivity index (χ1n) is 4.72. The van der Waals surface area contributed by atoms with Crippen molar-refractivity contribution in [2.24, 2.45) is 5.73 Å². The molecule has 0 saturated carbocycles. The van der Waals surface area contributed by atoms with Gasteiger partial charge in [-0.15, -0.1) is 0 Å². The Morgan fingerprint density at radius 1 is 1.44 bits per heavy atom. The smallest absolute Gasteiger partial charge is 0.252 e. The molecule has 0 aliphatic heterocycles. The molecule has 0 radical (unpaired) electrons. The van der Waals surface area contributed by atoms with Crippen molar-refractivity contribution in [3.8, 4) is 5.69 Å². The highest BCUT2D eigenvalue weighted by Gasteiger charge is 2.15. The standard InChI is InChI=1S/C10H11N5O/c1-6-3-8(15-5-12-4-13-15)9(10(11)16)7(2)14-6/h3-5H,1-2H3,(H2,11,16). The van der Waals surface area contributed by atoms with E-state index in [1.54, 1.807) is 13.0 Å². The first-order valence-corrected chi connectivity index (χ1v) is 4.72. The molecule has 0 atom stereocenters. The zero-order valence-electron chi connectivity index (χ0n) is 9.01. The summed E-state index contributed by atoms with van der Waals surface area (Å²) in [6, 6.07) is 1.75. The number of carbonyl (C=O) groups excluding carboxylic acids is 1. The molecule has 2 heterocycles. The second-order valence-corrected chi connectivity index (χ2v) is 3.45. The number of aryl methyl sites for hydroxylation is 2. The van der Waals surface area contributed by atoms with Crippen LogP contribution in [0.3, 0.4) is 0 Å². The summed E-state index contributed by atoms with van der Waals surface area (Å²) in [5.41, 5.74) is 7.70. The van der Waals surface area contributed by atoms with Crippen LogP contribution in [-0.4, -0.2) is 25.7 Å². The third kappa shape index (κ3) is 1.65. The fourth-order valence-corrected chi connectivity index (χ4v) is 1.63. The lowest BCUT2D eigenvalue weighted by Crippen LogP contribution is -2.18. The van der Waals surface area contributed by atoms with Crippen molar-refractivity contribution in [3.05, 3.63) is 35.7 Å². The van der Waals surface area contributed by atoms with Gasteiger partial charge in [0.15, 0.2) is 0 Å². The second kappa shape index (κ2) is 3.73. The SMILES string of the molecule is Cc1cc(-n2cncn2)c(C(N)=O)c(C)n1. The Labute approximate surface area is 92.1 Å². The lowest BCUT2D eigenvalue weighted by Gasteiger charge is -2.09. The van der Waals surface area contributed by atoms with Gasteiger partial charge in [-0.1, -0.05) is 0 Å². The molecule has 0 bridgehead atoms. The summed E-state index contributed by atoms with van der Waals surface area (Å²) in [5.74, 6) is -0.518. The van der Waals surface area contributed by atoms with Crippen LogP contribution >= 0.6 is 0 Å². The van der Waals surface area contributed by atoms with Crippen LogP contribution in [0.5, 0.6) is 0 Å². The van der Waals surface area contributed by atoms with E-state index in [2.05, 4.69) is 15.1 Å². The van der Waals surface area contributed by atoms with Gasteiger partial charge in [-0.05, 0) is 19.9 Å². The number of rotatable bonds is 2. The quantitative estimate of drug-likeness (QED) is 0.787. The van der Waals surface area contributed by atoms with Gasteiger partial charge in [0.2, 0.25) is 0 Å². The van der Waals surface area contributed by atoms with Gasteiger partial charge in [0.25, 0.3) is 5.91 Å². The Morgan fingerprint density at radius 3 is 2.75 bits per heavy atom. The van der Waals surface area contributed by atoms with Crippen LogP contribution in [-0.2, 0) is 0 Å². The second-order valence-electron chi connectivity index (χ2n) is 3.45. The van der Waals surface area contributed by atoms with Crippen LogP contribution in [0.1, 0.15) is 21.7 Å². The van der Waals surface area contributed by atoms with Gasteiger partial charge >= 0.3 is 0 Å². The van der Waals surface area contributed by atoms with Crippen LogP contribution < -0.4 is 5.73 Å². The van der Waals surface area contributed by atoms with Crippen molar-refractivity contribution in [2.75, 3.05) is 0 Å². The predicted molar refractivity (Wildman–Crippen MR) is 57.1 cm³/mol. The fraction of sp³-hybridized carbons (Fsp3) is 0.200. The molecule has 2 aromatic heterocycles. The number of hydrogen-bond acceptors (Lipinski definition) is 4. The molecule has 0 aromatic carbocycles. The van der Waals surface area contributed by atoms with E-state index in [0.717, 1.165) is 5.69 Å². The number of aromatic nitrogens is 4. The van der Waals surface area contributed by atoms with E-state index in [0.29, 0.717) is 16.9 Å². The summed E-state index contributed by atoms with van der Waals surface area (Å²) in [5, 5.41) is 3.98. The molecule has 0 fully saturated rings. The molecule has 1 amide bonds. The Hall–Kier alpha value is -2.24. The van der Waals surface area contributed by atoms with Crippen LogP contribution in [0.2, 0.25) is 0 Å². The van der Waals surface area contributed by atoms with Crippen LogP contribution in [0, 0.1) is 13.8 Å². The molecule has 2 rings (SSSR count). The van der Waals surface area contributed by atoms with Crippen LogP contribution in [0.4, 0.5) is 0 Å². The van der Waals surface area contributed by atoms with Crippen molar-refractivity contribution >= 4 is 5.91 Å². The summed E-state index contributed by atoms with van der Waals surface area (Å²) in [4.78, 5) is 19.4. The molecular weight excluding hydrogens is 206 g/mol. The summed E-state index contributed by atoms with van der Waals surface area (Å²) < 4.78 is 1.50. The first kappa shape index (κ1) is 10.3. The van der Waals surface area contributed by atoms with E-state index < -0.39 is 5.91 Å². The molecule has 2 N–H and O–H groups in total. The Balaban J connectivity index is 2.72. The average Bonchev–Trinajstić information content (AvgIpc) is 2.67. The molecule has 0 saturated heterocycles. The van der Waals surface area contributed by atoms with E-state index in [9.17, 15) is 4.79 Å². The first-order chi connectivity index (χ1) is 7.59. The molecular formula is C10H11N5O. The number of carbonyl (C=O) groups is 1. The molecule has 0 unspecified atom stereocenters. The van der Waals surface area contributed by atoms with Crippen LogP contribution in [0.15, 0.2) is 18.7 Å². The van der Waals surface area contributed by atoms with E-state index in [4.69, 9.17) is 5.73 Å². The fourth-order valence-electron chi connectivity index (χ4n) is 1.63. The third-order valence-corrected chi connectivity index (χ3v) is 2.22. The molecule has 2 aromatic rings. The molecule has 6 nitrogen and oxygen atoms in total. The summed E-state index contributed by atoms with van der Waals surface area (Å²) in [6.45, 7) is 3.59. The molecule has 0 aliphatic rings. The maximum absolute atomic E-state index is 11.4. The average molecular weight is 217 g/mol. The van der Waals surface area contributed by atoms with Gasteiger partial charge in [-0.2, -0.15) is 5.10 Å². The van der Waals surface area contributed by atoms with Gasteiger partial charge in [-0.25, -0.2) is 9.67 Å². The van der Waals surface area contributed by atoms with Crippen molar-refractivity contribution < 1.29 is 4.79 Å². The zero-order chi connectivity index (χ0) is 11.7. The Kier molecular flexibility index (Phi) is 2.40. The van der Waals surface area contributed by atoms with Gasteiger partial charge in [0.1, 0.15) is 12.7 Å². The summed E-state index contributed by atoms with van der Waals surface area (Å²) >= 11 is 0. The minimum atomic E-state index is -0.518. The van der Waals surface area contributed by atoms with Crippen molar-refractivity contribution in [3.63, 3.8) is 0 Å². The van der Waals surface area contributed by atoms with E-state index >= 15 is 0 Å². The number of amides is 1. The molecule has 0 aliphatic carbocycles. The molecule has 16 heavy (non-hydrogen) atoms. The van der Waals surface area contributed by atoms with Gasteiger partial charge in [0.05, 0.1) is 16.9 Å². The number of primary amides is 1. The molecule has 6 heteroatoms. The van der Waals surface area contributed by atoms with Crippen molar-refractivity contribution in [2.45, 2.75) is 13.8 Å². The maximum Gasteiger partial charge on any atom is 0.252 e. The highest BCUT2D eigenvalue weighted by Crippen LogP contribution is 2.16. The topological polar surface area (TPSA) is 86.7 Å². The highest BCUT2D eigenvalue weighted by atomic mass is 16.1. The number of hydrogen-bond donors (Lipinski definition) is 1. The Bertz CT molecular complexity index is 532. The molecule has 0 spiro atoms. The van der Waals surface area contributed by atoms with Crippen molar-refractivity contribution in [1.29, 1.82) is 0 Å². The minimum absolute atomic E-state index is 0.371. The number of pyridine rings is 1. The number of nitrogens with two attached hydrogens (primary N) is 1. The highest BCUT2D eigenvalue weighted by molar-refractivity contribution is 5.97. The lowest BCUT2D eigenvalue weighted by atomic mass is 10.1. The lowest BCUT2D eigenvalue weighted by molar-refractivity contribution is 0.0999. The van der Waals surface area contributed by atoms with Gasteiger partial charge in [0, 0.05) is 5.69 Å². The number of nitrogens with zero attached hydrogens (tertiary/aromatic N) is 4. The summed E-state index contributed by atoms with van der Waals surface area (Å²) in [6.07, 6.45) is 2.91. The van der Waals surface area contributed by atoms with E-state index in [1.165, 1.54) is 17.3 Å². The normalized spacial score (nSPS) is 10.4. The largest absolute Gasteiger partial charge is 0.365 e. The Morgan fingerprint density at radius 2 is 2.19 bits per heavy atom. The van der Waals surface area contributed by atoms with E-state index in [-0.39, 0.29) is 0 Å². The van der Waals surface area contributed by atoms with Gasteiger partial charge in [-0.3, -0.25) is 9.78 Å². The maximum atomic E-state index is 11.4. The monoisotopic (exact) mass is 217 g/mol. The summed E-state index contributed by atoms with van der Waals surface area (Å²) in [7, 11) is 0.